The average Bonchev–Trinajstić information content (AvgIpc) is 2.50. The minimum absolute atomic E-state index is 0.432. The van der Waals surface area contributed by atoms with Crippen LogP contribution in [-0.4, -0.2) is 13.4 Å². The highest BCUT2D eigenvalue weighted by Crippen LogP contribution is 2.39. The summed E-state index contributed by atoms with van der Waals surface area (Å²) in [6, 6.07) is 9.66. The molecule has 0 aliphatic rings. The Hall–Kier alpha value is -0.690. The number of hydrogen-bond acceptors (Lipinski definition) is 4. The molecule has 0 amide bonds. The largest absolute Gasteiger partial charge is 0.496 e. The third kappa shape index (κ3) is 3.74. The summed E-state index contributed by atoms with van der Waals surface area (Å²) in [6.07, 6.45) is 2.03. The zero-order valence-corrected chi connectivity index (χ0v) is 15.6. The van der Waals surface area contributed by atoms with E-state index in [2.05, 4.69) is 31.9 Å². The van der Waals surface area contributed by atoms with Crippen molar-refractivity contribution in [3.63, 3.8) is 0 Å². The molecule has 2 aromatic rings. The standard InChI is InChI=1S/C15H15Br2NO2S/c1-19-13-6-11(17)14(7-10(13)16)20-12-4-3-5-15(21-2)9(12)8-18/h3-7H,8,18H2,1-2H3. The summed E-state index contributed by atoms with van der Waals surface area (Å²) in [4.78, 5) is 1.12. The molecule has 0 spiro atoms. The van der Waals surface area contributed by atoms with Crippen molar-refractivity contribution in [2.24, 2.45) is 5.73 Å². The van der Waals surface area contributed by atoms with E-state index in [4.69, 9.17) is 15.2 Å². The molecule has 6 heteroatoms. The van der Waals surface area contributed by atoms with Crippen LogP contribution in [0.5, 0.6) is 17.2 Å². The van der Waals surface area contributed by atoms with Crippen LogP contribution < -0.4 is 15.2 Å². The average molecular weight is 433 g/mol. The lowest BCUT2D eigenvalue weighted by Crippen LogP contribution is -2.01. The summed E-state index contributed by atoms with van der Waals surface area (Å²) >= 11 is 8.62. The van der Waals surface area contributed by atoms with Crippen molar-refractivity contribution >= 4 is 43.6 Å². The number of rotatable bonds is 5. The van der Waals surface area contributed by atoms with Crippen molar-refractivity contribution in [1.82, 2.24) is 0 Å². The molecule has 0 aromatic heterocycles. The lowest BCUT2D eigenvalue weighted by molar-refractivity contribution is 0.409. The van der Waals surface area contributed by atoms with E-state index in [1.54, 1.807) is 18.9 Å². The van der Waals surface area contributed by atoms with E-state index in [9.17, 15) is 0 Å². The SMILES string of the molecule is COc1cc(Br)c(Oc2cccc(SC)c2CN)cc1Br. The molecule has 0 saturated carbocycles. The fraction of sp³-hybridized carbons (Fsp3) is 0.200. The van der Waals surface area contributed by atoms with Gasteiger partial charge in [-0.05, 0) is 62.4 Å². The summed E-state index contributed by atoms with van der Waals surface area (Å²) in [5.74, 6) is 2.21. The molecule has 0 radical (unpaired) electrons. The fourth-order valence-corrected chi connectivity index (χ4v) is 3.43. The quantitative estimate of drug-likeness (QED) is 0.660. The molecule has 2 N–H and O–H groups in total. The van der Waals surface area contributed by atoms with E-state index in [-0.39, 0.29) is 0 Å². The maximum Gasteiger partial charge on any atom is 0.143 e. The maximum atomic E-state index is 6.03. The fourth-order valence-electron chi connectivity index (χ4n) is 1.90. The Morgan fingerprint density at radius 3 is 2.38 bits per heavy atom. The van der Waals surface area contributed by atoms with Crippen molar-refractivity contribution in [3.05, 3.63) is 44.8 Å². The maximum absolute atomic E-state index is 6.03. The lowest BCUT2D eigenvalue weighted by Gasteiger charge is -2.15. The van der Waals surface area contributed by atoms with Gasteiger partial charge in [-0.2, -0.15) is 0 Å². The molecule has 112 valence electrons. The van der Waals surface area contributed by atoms with Crippen LogP contribution in [0, 0.1) is 0 Å². The number of benzene rings is 2. The molecule has 0 heterocycles. The van der Waals surface area contributed by atoms with Crippen LogP contribution in [0.2, 0.25) is 0 Å². The number of ether oxygens (including phenoxy) is 2. The first-order valence-electron chi connectivity index (χ1n) is 6.17. The van der Waals surface area contributed by atoms with Gasteiger partial charge in [-0.15, -0.1) is 11.8 Å². The second-order valence-corrected chi connectivity index (χ2v) is 6.72. The Bertz CT molecular complexity index is 650. The van der Waals surface area contributed by atoms with Gasteiger partial charge in [0, 0.05) is 17.0 Å². The van der Waals surface area contributed by atoms with E-state index in [0.717, 1.165) is 30.9 Å². The number of methoxy groups -OCH3 is 1. The Kier molecular flexibility index (Phi) is 5.98. The van der Waals surface area contributed by atoms with Crippen LogP contribution >= 0.6 is 43.6 Å². The van der Waals surface area contributed by atoms with Gasteiger partial charge in [0.25, 0.3) is 0 Å². The molecular formula is C15H15Br2NO2S. The van der Waals surface area contributed by atoms with Crippen LogP contribution in [0.3, 0.4) is 0 Å². The number of halogens is 2. The van der Waals surface area contributed by atoms with Gasteiger partial charge in [0.05, 0.1) is 16.1 Å². The predicted octanol–water partition coefficient (Wildman–Crippen LogP) is 5.19. The first-order chi connectivity index (χ1) is 10.1. The molecular weight excluding hydrogens is 418 g/mol. The van der Waals surface area contributed by atoms with E-state index in [1.165, 1.54) is 0 Å². The Labute approximate surface area is 145 Å². The minimum atomic E-state index is 0.432. The lowest BCUT2D eigenvalue weighted by atomic mass is 10.2. The topological polar surface area (TPSA) is 44.5 Å². The molecule has 0 bridgehead atoms. The van der Waals surface area contributed by atoms with Crippen molar-refractivity contribution in [2.45, 2.75) is 11.4 Å². The van der Waals surface area contributed by atoms with Crippen molar-refractivity contribution in [2.75, 3.05) is 13.4 Å². The van der Waals surface area contributed by atoms with Crippen LogP contribution in [0.1, 0.15) is 5.56 Å². The highest BCUT2D eigenvalue weighted by Gasteiger charge is 2.13. The molecule has 21 heavy (non-hydrogen) atoms. The Morgan fingerprint density at radius 1 is 1.10 bits per heavy atom. The molecule has 3 nitrogen and oxygen atoms in total. The van der Waals surface area contributed by atoms with Gasteiger partial charge in [-0.25, -0.2) is 0 Å². The number of nitrogens with two attached hydrogens (primary N) is 1. The first kappa shape index (κ1) is 16.7. The van der Waals surface area contributed by atoms with Gasteiger partial charge in [0.2, 0.25) is 0 Å². The summed E-state index contributed by atoms with van der Waals surface area (Å²) in [5.41, 5.74) is 6.86. The molecule has 0 fully saturated rings. The van der Waals surface area contributed by atoms with Gasteiger partial charge in [0.15, 0.2) is 0 Å². The monoisotopic (exact) mass is 431 g/mol. The molecule has 0 unspecified atom stereocenters. The Morgan fingerprint density at radius 2 is 1.76 bits per heavy atom. The molecule has 0 saturated heterocycles. The van der Waals surface area contributed by atoms with Crippen molar-refractivity contribution < 1.29 is 9.47 Å². The molecule has 0 aliphatic carbocycles. The molecule has 0 aliphatic heterocycles. The summed E-state index contributed by atoms with van der Waals surface area (Å²) in [5, 5.41) is 0. The summed E-state index contributed by atoms with van der Waals surface area (Å²) in [7, 11) is 1.63. The van der Waals surface area contributed by atoms with Gasteiger partial charge >= 0.3 is 0 Å². The second-order valence-electron chi connectivity index (χ2n) is 4.16. The van der Waals surface area contributed by atoms with Gasteiger partial charge in [-0.3, -0.25) is 0 Å². The highest BCUT2D eigenvalue weighted by atomic mass is 79.9. The first-order valence-corrected chi connectivity index (χ1v) is 8.98. The van der Waals surface area contributed by atoms with E-state index in [1.807, 2.05) is 36.6 Å². The van der Waals surface area contributed by atoms with Crippen LogP contribution in [0.4, 0.5) is 0 Å². The van der Waals surface area contributed by atoms with Crippen LogP contribution in [0.25, 0.3) is 0 Å². The molecule has 0 atom stereocenters. The Balaban J connectivity index is 2.41. The third-order valence-electron chi connectivity index (χ3n) is 2.94. The van der Waals surface area contributed by atoms with E-state index < -0.39 is 0 Å². The summed E-state index contributed by atoms with van der Waals surface area (Å²) < 4.78 is 12.9. The van der Waals surface area contributed by atoms with E-state index in [0.29, 0.717) is 12.3 Å². The third-order valence-corrected chi connectivity index (χ3v) is 5.00. The van der Waals surface area contributed by atoms with Crippen LogP contribution in [-0.2, 0) is 6.54 Å². The number of hydrogen-bond donors (Lipinski definition) is 1. The van der Waals surface area contributed by atoms with Gasteiger partial charge in [0.1, 0.15) is 17.2 Å². The van der Waals surface area contributed by atoms with Crippen molar-refractivity contribution in [3.8, 4) is 17.2 Å². The molecule has 2 aromatic carbocycles. The van der Waals surface area contributed by atoms with Gasteiger partial charge < -0.3 is 15.2 Å². The highest BCUT2D eigenvalue weighted by molar-refractivity contribution is 9.11. The van der Waals surface area contributed by atoms with Crippen molar-refractivity contribution in [1.29, 1.82) is 0 Å². The minimum Gasteiger partial charge on any atom is -0.496 e. The van der Waals surface area contributed by atoms with Gasteiger partial charge in [-0.1, -0.05) is 6.07 Å². The number of thioether (sulfide) groups is 1. The normalized spacial score (nSPS) is 10.5. The van der Waals surface area contributed by atoms with E-state index >= 15 is 0 Å². The zero-order chi connectivity index (χ0) is 15.4. The predicted molar refractivity (Wildman–Crippen MR) is 94.6 cm³/mol. The smallest absolute Gasteiger partial charge is 0.143 e. The second kappa shape index (κ2) is 7.54. The van der Waals surface area contributed by atoms with Crippen LogP contribution in [0.15, 0.2) is 44.2 Å². The zero-order valence-electron chi connectivity index (χ0n) is 11.7. The summed E-state index contributed by atoms with van der Waals surface area (Å²) in [6.45, 7) is 0.432. The molecule has 2 rings (SSSR count).